The number of Topliss-reactive ketones (excluding diaryl/α,β-unsaturated/α-hetero) is 2. The average molecular weight is 252 g/mol. The molecule has 0 atom stereocenters. The normalized spacial score (nSPS) is 25.9. The van der Waals surface area contributed by atoms with E-state index < -0.39 is 0 Å². The molecule has 0 N–H and O–H groups in total. The zero-order chi connectivity index (χ0) is 14.1. The van der Waals surface area contributed by atoms with Crippen LogP contribution in [-0.2, 0) is 9.59 Å². The van der Waals surface area contributed by atoms with Crippen molar-refractivity contribution < 1.29 is 9.59 Å². The van der Waals surface area contributed by atoms with E-state index in [0.717, 1.165) is 25.7 Å². The van der Waals surface area contributed by atoms with Crippen LogP contribution in [-0.4, -0.2) is 11.6 Å². The van der Waals surface area contributed by atoms with Gasteiger partial charge >= 0.3 is 0 Å². The first-order valence-corrected chi connectivity index (χ1v) is 7.12. The minimum Gasteiger partial charge on any atom is -0.299 e. The molecule has 1 aliphatic carbocycles. The smallest absolute Gasteiger partial charge is 0.141 e. The molecule has 2 heteroatoms. The van der Waals surface area contributed by atoms with Gasteiger partial charge < -0.3 is 0 Å². The quantitative estimate of drug-likeness (QED) is 0.743. The Bertz CT molecular complexity index is 286. The average Bonchev–Trinajstić information content (AvgIpc) is 2.25. The summed E-state index contributed by atoms with van der Waals surface area (Å²) < 4.78 is 0. The Balaban J connectivity index is 2.57. The predicted octanol–water partition coefficient (Wildman–Crippen LogP) is 4.02. The summed E-state index contributed by atoms with van der Waals surface area (Å²) in [6.45, 7) is 11.9. The third kappa shape index (κ3) is 3.66. The number of carbonyl (C=O) groups is 2. The Labute approximate surface area is 112 Å². The summed E-state index contributed by atoms with van der Waals surface area (Å²) in [4.78, 5) is 24.4. The molecular formula is C16H28O2. The fourth-order valence-corrected chi connectivity index (χ4v) is 2.84. The van der Waals surface area contributed by atoms with Gasteiger partial charge in [-0.2, -0.15) is 0 Å². The molecule has 2 nitrogen and oxygen atoms in total. The van der Waals surface area contributed by atoms with Gasteiger partial charge in [-0.1, -0.05) is 41.5 Å². The maximum absolute atomic E-state index is 12.2. The van der Waals surface area contributed by atoms with Gasteiger partial charge in [0.25, 0.3) is 0 Å². The summed E-state index contributed by atoms with van der Waals surface area (Å²) in [7, 11) is 0. The molecule has 0 radical (unpaired) electrons. The molecule has 0 aromatic rings. The molecule has 0 saturated heterocycles. The molecule has 0 amide bonds. The van der Waals surface area contributed by atoms with Crippen LogP contribution in [0.25, 0.3) is 0 Å². The lowest BCUT2D eigenvalue weighted by Crippen LogP contribution is -2.35. The van der Waals surface area contributed by atoms with Crippen LogP contribution in [0.1, 0.15) is 67.2 Å². The molecule has 0 aromatic carbocycles. The van der Waals surface area contributed by atoms with E-state index in [-0.39, 0.29) is 22.7 Å². The summed E-state index contributed by atoms with van der Waals surface area (Å²) in [5.41, 5.74) is -0.489. The van der Waals surface area contributed by atoms with E-state index in [9.17, 15) is 9.59 Å². The first-order chi connectivity index (χ1) is 8.03. The highest BCUT2D eigenvalue weighted by atomic mass is 16.1. The Hall–Kier alpha value is -0.660. The van der Waals surface area contributed by atoms with Crippen molar-refractivity contribution in [3.05, 3.63) is 0 Å². The minimum atomic E-state index is -0.245. The van der Waals surface area contributed by atoms with Crippen LogP contribution in [0.5, 0.6) is 0 Å². The monoisotopic (exact) mass is 252 g/mol. The SMILES string of the molecule is CC(C)(C)C(=O)[C@H]1CC[C@H](C(=O)C(C)(C)C)CC1. The molecule has 1 rings (SSSR count). The summed E-state index contributed by atoms with van der Waals surface area (Å²) in [6.07, 6.45) is 3.57. The van der Waals surface area contributed by atoms with Crippen molar-refractivity contribution in [2.75, 3.05) is 0 Å². The molecule has 0 heterocycles. The highest BCUT2D eigenvalue weighted by Gasteiger charge is 2.37. The molecule has 104 valence electrons. The van der Waals surface area contributed by atoms with Crippen LogP contribution in [0.4, 0.5) is 0 Å². The van der Waals surface area contributed by atoms with E-state index in [1.165, 1.54) is 0 Å². The topological polar surface area (TPSA) is 34.1 Å². The predicted molar refractivity (Wildman–Crippen MR) is 74.4 cm³/mol. The van der Waals surface area contributed by atoms with Crippen LogP contribution < -0.4 is 0 Å². The van der Waals surface area contributed by atoms with Gasteiger partial charge in [0.15, 0.2) is 0 Å². The van der Waals surface area contributed by atoms with Crippen LogP contribution in [0.2, 0.25) is 0 Å². The van der Waals surface area contributed by atoms with Gasteiger partial charge in [-0.3, -0.25) is 9.59 Å². The van der Waals surface area contributed by atoms with Gasteiger partial charge in [0.1, 0.15) is 11.6 Å². The van der Waals surface area contributed by atoms with Crippen LogP contribution in [0, 0.1) is 22.7 Å². The summed E-state index contributed by atoms with van der Waals surface area (Å²) in [5.74, 6) is 1.08. The lowest BCUT2D eigenvalue weighted by atomic mass is 9.70. The highest BCUT2D eigenvalue weighted by molar-refractivity contribution is 5.88. The van der Waals surface area contributed by atoms with E-state index in [4.69, 9.17) is 0 Å². The maximum atomic E-state index is 12.2. The molecule has 0 spiro atoms. The van der Waals surface area contributed by atoms with Crippen molar-refractivity contribution in [2.24, 2.45) is 22.7 Å². The minimum absolute atomic E-state index is 0.175. The lowest BCUT2D eigenvalue weighted by molar-refractivity contribution is -0.136. The molecule has 0 aliphatic heterocycles. The van der Waals surface area contributed by atoms with Gasteiger partial charge in [-0.25, -0.2) is 0 Å². The molecule has 1 aliphatic rings. The summed E-state index contributed by atoms with van der Waals surface area (Å²) in [5, 5.41) is 0. The summed E-state index contributed by atoms with van der Waals surface area (Å²) in [6, 6.07) is 0. The van der Waals surface area contributed by atoms with Gasteiger partial charge in [0.2, 0.25) is 0 Å². The van der Waals surface area contributed by atoms with E-state index in [1.807, 2.05) is 41.5 Å². The summed E-state index contributed by atoms with van der Waals surface area (Å²) >= 11 is 0. The Morgan fingerprint density at radius 2 is 0.889 bits per heavy atom. The van der Waals surface area contributed by atoms with Crippen molar-refractivity contribution in [3.63, 3.8) is 0 Å². The third-order valence-corrected chi connectivity index (χ3v) is 3.95. The molecule has 1 fully saturated rings. The molecule has 0 bridgehead atoms. The first-order valence-electron chi connectivity index (χ1n) is 7.12. The van der Waals surface area contributed by atoms with Gasteiger partial charge in [0.05, 0.1) is 0 Å². The lowest BCUT2D eigenvalue weighted by Gasteiger charge is -2.33. The second kappa shape index (κ2) is 5.14. The van der Waals surface area contributed by atoms with E-state index >= 15 is 0 Å². The second-order valence-corrected chi connectivity index (χ2v) is 7.78. The van der Waals surface area contributed by atoms with Crippen molar-refractivity contribution >= 4 is 11.6 Å². The Morgan fingerprint density at radius 1 is 0.667 bits per heavy atom. The number of hydrogen-bond acceptors (Lipinski definition) is 2. The molecular weight excluding hydrogens is 224 g/mol. The largest absolute Gasteiger partial charge is 0.299 e. The highest BCUT2D eigenvalue weighted by Crippen LogP contribution is 2.37. The fourth-order valence-electron chi connectivity index (χ4n) is 2.84. The molecule has 0 aromatic heterocycles. The van der Waals surface area contributed by atoms with Crippen LogP contribution in [0.15, 0.2) is 0 Å². The molecule has 1 saturated carbocycles. The molecule has 0 unspecified atom stereocenters. The van der Waals surface area contributed by atoms with Gasteiger partial charge in [-0.15, -0.1) is 0 Å². The zero-order valence-corrected chi connectivity index (χ0v) is 12.8. The number of ketones is 2. The standard InChI is InChI=1S/C16H28O2/c1-15(2,3)13(17)11-7-9-12(10-8-11)14(18)16(4,5)6/h11-12H,7-10H2,1-6H3/t11-,12-. The van der Waals surface area contributed by atoms with E-state index in [0.29, 0.717) is 11.6 Å². The van der Waals surface area contributed by atoms with E-state index in [2.05, 4.69) is 0 Å². The van der Waals surface area contributed by atoms with Crippen molar-refractivity contribution in [1.29, 1.82) is 0 Å². The van der Waals surface area contributed by atoms with Crippen molar-refractivity contribution in [3.8, 4) is 0 Å². The van der Waals surface area contributed by atoms with Gasteiger partial charge in [-0.05, 0) is 25.7 Å². The maximum Gasteiger partial charge on any atom is 0.141 e. The number of hydrogen-bond donors (Lipinski definition) is 0. The van der Waals surface area contributed by atoms with Crippen LogP contribution in [0.3, 0.4) is 0 Å². The number of rotatable bonds is 2. The van der Waals surface area contributed by atoms with Gasteiger partial charge in [0, 0.05) is 22.7 Å². The second-order valence-electron chi connectivity index (χ2n) is 7.78. The Morgan fingerprint density at radius 3 is 1.06 bits per heavy atom. The van der Waals surface area contributed by atoms with E-state index in [1.54, 1.807) is 0 Å². The zero-order valence-electron chi connectivity index (χ0n) is 12.8. The van der Waals surface area contributed by atoms with Crippen molar-refractivity contribution in [2.45, 2.75) is 67.2 Å². The Kier molecular flexibility index (Phi) is 4.40. The van der Waals surface area contributed by atoms with Crippen molar-refractivity contribution in [1.82, 2.24) is 0 Å². The fraction of sp³-hybridized carbons (Fsp3) is 0.875. The first kappa shape index (κ1) is 15.4. The van der Waals surface area contributed by atoms with Crippen LogP contribution >= 0.6 is 0 Å². The molecule has 18 heavy (non-hydrogen) atoms. The number of carbonyl (C=O) groups excluding carboxylic acids is 2. The third-order valence-electron chi connectivity index (χ3n) is 3.95.